The van der Waals surface area contributed by atoms with Gasteiger partial charge in [-0.2, -0.15) is 0 Å². The van der Waals surface area contributed by atoms with E-state index in [9.17, 15) is 0 Å². The number of anilines is 3. The molecule has 0 bridgehead atoms. The molecular weight excluding hydrogens is 302 g/mol. The molecule has 0 radical (unpaired) electrons. The number of pyridine rings is 1. The monoisotopic (exact) mass is 321 g/mol. The van der Waals surface area contributed by atoms with Gasteiger partial charge in [0, 0.05) is 25.0 Å². The molecule has 3 aromatic rings. The molecule has 0 spiro atoms. The molecule has 0 saturated heterocycles. The van der Waals surface area contributed by atoms with E-state index < -0.39 is 0 Å². The maximum absolute atomic E-state index is 5.62. The number of aromatic nitrogens is 3. The van der Waals surface area contributed by atoms with E-state index in [1.807, 2.05) is 55.6 Å². The maximum Gasteiger partial charge on any atom is 0.142 e. The molecule has 0 amide bonds. The molecular formula is C18H19N5O. The molecule has 0 aliphatic carbocycles. The minimum absolute atomic E-state index is 0.611. The third-order valence-electron chi connectivity index (χ3n) is 3.31. The summed E-state index contributed by atoms with van der Waals surface area (Å²) in [5, 5.41) is 6.53. The largest absolute Gasteiger partial charge is 0.492 e. The van der Waals surface area contributed by atoms with Crippen molar-refractivity contribution in [3.8, 4) is 5.75 Å². The maximum atomic E-state index is 5.62. The van der Waals surface area contributed by atoms with Gasteiger partial charge in [0.25, 0.3) is 0 Å². The van der Waals surface area contributed by atoms with Crippen molar-refractivity contribution in [1.82, 2.24) is 15.0 Å². The van der Waals surface area contributed by atoms with Gasteiger partial charge >= 0.3 is 0 Å². The lowest BCUT2D eigenvalue weighted by molar-refractivity contribution is 0.342. The van der Waals surface area contributed by atoms with E-state index in [2.05, 4.69) is 25.6 Å². The van der Waals surface area contributed by atoms with Crippen molar-refractivity contribution in [2.24, 2.45) is 0 Å². The van der Waals surface area contributed by atoms with Crippen molar-refractivity contribution < 1.29 is 4.74 Å². The normalized spacial score (nSPS) is 10.2. The van der Waals surface area contributed by atoms with E-state index in [4.69, 9.17) is 4.74 Å². The zero-order chi connectivity index (χ0) is 16.6. The summed E-state index contributed by atoms with van der Waals surface area (Å²) in [4.78, 5) is 12.6. The molecule has 0 fully saturated rings. The second-order valence-electron chi connectivity index (χ2n) is 5.06. The highest BCUT2D eigenvalue weighted by atomic mass is 16.5. The van der Waals surface area contributed by atoms with Crippen LogP contribution in [0.1, 0.15) is 12.5 Å². The van der Waals surface area contributed by atoms with Crippen LogP contribution in [0.25, 0.3) is 0 Å². The molecule has 0 atom stereocenters. The van der Waals surface area contributed by atoms with Crippen LogP contribution in [-0.2, 0) is 6.54 Å². The van der Waals surface area contributed by atoms with E-state index in [-0.39, 0.29) is 0 Å². The van der Waals surface area contributed by atoms with Crippen LogP contribution in [0.2, 0.25) is 0 Å². The Labute approximate surface area is 141 Å². The highest BCUT2D eigenvalue weighted by Crippen LogP contribution is 2.27. The van der Waals surface area contributed by atoms with Crippen molar-refractivity contribution >= 4 is 17.3 Å². The highest BCUT2D eigenvalue weighted by molar-refractivity contribution is 5.65. The molecule has 24 heavy (non-hydrogen) atoms. The Bertz CT molecular complexity index is 779. The highest BCUT2D eigenvalue weighted by Gasteiger charge is 2.05. The van der Waals surface area contributed by atoms with Gasteiger partial charge in [-0.15, -0.1) is 0 Å². The first kappa shape index (κ1) is 15.7. The van der Waals surface area contributed by atoms with Crippen LogP contribution in [0.5, 0.6) is 5.75 Å². The van der Waals surface area contributed by atoms with Gasteiger partial charge in [0.1, 0.15) is 23.7 Å². The third-order valence-corrected chi connectivity index (χ3v) is 3.31. The van der Waals surface area contributed by atoms with Crippen LogP contribution in [0.4, 0.5) is 17.3 Å². The number of rotatable bonds is 7. The van der Waals surface area contributed by atoms with E-state index in [1.165, 1.54) is 6.33 Å². The Morgan fingerprint density at radius 2 is 1.92 bits per heavy atom. The number of hydrogen-bond acceptors (Lipinski definition) is 6. The molecule has 2 N–H and O–H groups in total. The quantitative estimate of drug-likeness (QED) is 0.692. The molecule has 122 valence electrons. The lowest BCUT2D eigenvalue weighted by atomic mass is 10.3. The topological polar surface area (TPSA) is 72.0 Å². The van der Waals surface area contributed by atoms with E-state index in [0.717, 1.165) is 22.8 Å². The molecule has 3 rings (SSSR count). The predicted molar refractivity (Wildman–Crippen MR) is 94.5 cm³/mol. The van der Waals surface area contributed by atoms with Gasteiger partial charge in [0.05, 0.1) is 12.3 Å². The van der Waals surface area contributed by atoms with Crippen molar-refractivity contribution in [3.63, 3.8) is 0 Å². The van der Waals surface area contributed by atoms with Gasteiger partial charge in [-0.05, 0) is 30.7 Å². The first-order valence-corrected chi connectivity index (χ1v) is 7.79. The fourth-order valence-corrected chi connectivity index (χ4v) is 2.21. The van der Waals surface area contributed by atoms with Gasteiger partial charge in [-0.3, -0.25) is 4.98 Å². The summed E-state index contributed by atoms with van der Waals surface area (Å²) in [6.07, 6.45) is 5.11. The van der Waals surface area contributed by atoms with Crippen LogP contribution < -0.4 is 15.4 Å². The summed E-state index contributed by atoms with van der Waals surface area (Å²) >= 11 is 0. The van der Waals surface area contributed by atoms with Gasteiger partial charge in [0.2, 0.25) is 0 Å². The molecule has 6 nitrogen and oxygen atoms in total. The molecule has 0 aliphatic heterocycles. The summed E-state index contributed by atoms with van der Waals surface area (Å²) < 4.78 is 5.62. The third kappa shape index (κ3) is 4.19. The van der Waals surface area contributed by atoms with E-state index >= 15 is 0 Å². The number of benzene rings is 1. The molecule has 0 aliphatic rings. The Morgan fingerprint density at radius 3 is 2.75 bits per heavy atom. The molecule has 6 heteroatoms. The van der Waals surface area contributed by atoms with E-state index in [1.54, 1.807) is 6.20 Å². The lowest BCUT2D eigenvalue weighted by Crippen LogP contribution is -2.04. The SMILES string of the molecule is CCOc1ccccc1Nc1cc(NCc2cccnc2)ncn1. The van der Waals surface area contributed by atoms with Gasteiger partial charge < -0.3 is 15.4 Å². The minimum Gasteiger partial charge on any atom is -0.492 e. The standard InChI is InChI=1S/C18H19N5O/c1-2-24-16-8-4-3-7-15(16)23-18-10-17(21-13-22-18)20-12-14-6-5-9-19-11-14/h3-11,13H,2,12H2,1H3,(H2,20,21,22,23). The summed E-state index contributed by atoms with van der Waals surface area (Å²) in [6.45, 7) is 3.22. The van der Waals surface area contributed by atoms with Crippen molar-refractivity contribution in [3.05, 3.63) is 66.7 Å². The van der Waals surface area contributed by atoms with Crippen molar-refractivity contribution in [2.75, 3.05) is 17.2 Å². The number of nitrogens with one attached hydrogen (secondary N) is 2. The molecule has 2 heterocycles. The summed E-state index contributed by atoms with van der Waals surface area (Å²) in [5.74, 6) is 2.24. The van der Waals surface area contributed by atoms with Crippen LogP contribution in [-0.4, -0.2) is 21.6 Å². The van der Waals surface area contributed by atoms with Gasteiger partial charge in [0.15, 0.2) is 0 Å². The first-order valence-electron chi connectivity index (χ1n) is 7.79. The van der Waals surface area contributed by atoms with Gasteiger partial charge in [-0.25, -0.2) is 9.97 Å². The molecule has 1 aromatic carbocycles. The first-order chi connectivity index (χ1) is 11.8. The summed E-state index contributed by atoms with van der Waals surface area (Å²) in [5.41, 5.74) is 1.96. The Kier molecular flexibility index (Phi) is 5.19. The minimum atomic E-state index is 0.611. The number of nitrogens with zero attached hydrogens (tertiary/aromatic N) is 3. The number of para-hydroxylation sites is 2. The predicted octanol–water partition coefficient (Wildman–Crippen LogP) is 3.63. The second-order valence-corrected chi connectivity index (χ2v) is 5.06. The Hall–Kier alpha value is -3.15. The van der Waals surface area contributed by atoms with Crippen LogP contribution in [0.15, 0.2) is 61.2 Å². The average Bonchev–Trinajstić information content (AvgIpc) is 2.63. The van der Waals surface area contributed by atoms with Crippen LogP contribution >= 0.6 is 0 Å². The van der Waals surface area contributed by atoms with Crippen LogP contribution in [0.3, 0.4) is 0 Å². The van der Waals surface area contributed by atoms with Crippen molar-refractivity contribution in [2.45, 2.75) is 13.5 Å². The van der Waals surface area contributed by atoms with Gasteiger partial charge in [-0.1, -0.05) is 18.2 Å². The molecule has 2 aromatic heterocycles. The number of ether oxygens (including phenoxy) is 1. The fourth-order valence-electron chi connectivity index (χ4n) is 2.21. The van der Waals surface area contributed by atoms with E-state index in [0.29, 0.717) is 19.0 Å². The average molecular weight is 321 g/mol. The number of hydrogen-bond donors (Lipinski definition) is 2. The lowest BCUT2D eigenvalue weighted by Gasteiger charge is -2.12. The molecule has 0 unspecified atom stereocenters. The Morgan fingerprint density at radius 1 is 1.04 bits per heavy atom. The smallest absolute Gasteiger partial charge is 0.142 e. The zero-order valence-electron chi connectivity index (χ0n) is 13.4. The molecule has 0 saturated carbocycles. The van der Waals surface area contributed by atoms with Crippen molar-refractivity contribution in [1.29, 1.82) is 0 Å². The van der Waals surface area contributed by atoms with Crippen LogP contribution in [0, 0.1) is 0 Å². The zero-order valence-corrected chi connectivity index (χ0v) is 13.4. The summed E-state index contributed by atoms with van der Waals surface area (Å²) in [7, 11) is 0. The second kappa shape index (κ2) is 7.92. The summed E-state index contributed by atoms with van der Waals surface area (Å²) in [6, 6.07) is 13.6. The fraction of sp³-hybridized carbons (Fsp3) is 0.167. The Balaban J connectivity index is 1.69.